The van der Waals surface area contributed by atoms with Crippen molar-refractivity contribution in [2.75, 3.05) is 31.1 Å². The van der Waals surface area contributed by atoms with Crippen LogP contribution < -0.4 is 4.90 Å². The molecular weight excluding hydrogens is 312 g/mol. The molecule has 4 heterocycles. The van der Waals surface area contributed by atoms with Crippen LogP contribution in [-0.2, 0) is 0 Å². The van der Waals surface area contributed by atoms with Crippen molar-refractivity contribution in [2.24, 2.45) is 0 Å². The van der Waals surface area contributed by atoms with E-state index >= 15 is 0 Å². The molecule has 0 radical (unpaired) electrons. The van der Waals surface area contributed by atoms with Crippen molar-refractivity contribution in [2.45, 2.75) is 18.9 Å². The van der Waals surface area contributed by atoms with Crippen LogP contribution in [0.4, 0.5) is 5.82 Å². The highest BCUT2D eigenvalue weighted by atomic mass is 35.5. The first-order valence-electron chi connectivity index (χ1n) is 8.07. The average Bonchev–Trinajstić information content (AvgIpc) is 3.22. The highest BCUT2D eigenvalue weighted by Crippen LogP contribution is 2.29. The summed E-state index contributed by atoms with van der Waals surface area (Å²) in [5.41, 5.74) is 2.68. The molecule has 5 rings (SSSR count). The summed E-state index contributed by atoms with van der Waals surface area (Å²) >= 11 is 6.14. The lowest BCUT2D eigenvalue weighted by molar-refractivity contribution is 0.230. The maximum atomic E-state index is 6.14. The van der Waals surface area contributed by atoms with Crippen molar-refractivity contribution in [3.8, 4) is 0 Å². The molecule has 7 heteroatoms. The summed E-state index contributed by atoms with van der Waals surface area (Å²) in [6.45, 7) is 4.35. The van der Waals surface area contributed by atoms with Crippen molar-refractivity contribution in [3.05, 3.63) is 29.5 Å². The van der Waals surface area contributed by atoms with E-state index in [2.05, 4.69) is 20.0 Å². The second-order valence-electron chi connectivity index (χ2n) is 6.37. The zero-order valence-electron chi connectivity index (χ0n) is 12.7. The summed E-state index contributed by atoms with van der Waals surface area (Å²) in [5, 5.41) is 9.10. The van der Waals surface area contributed by atoms with Crippen LogP contribution in [-0.4, -0.2) is 56.7 Å². The van der Waals surface area contributed by atoms with E-state index in [9.17, 15) is 0 Å². The second kappa shape index (κ2) is 5.04. The van der Waals surface area contributed by atoms with Gasteiger partial charge in [0.05, 0.1) is 11.0 Å². The minimum atomic E-state index is 0.648. The van der Waals surface area contributed by atoms with E-state index in [1.165, 1.54) is 19.4 Å². The van der Waals surface area contributed by atoms with Gasteiger partial charge in [-0.15, -0.1) is 10.2 Å². The molecule has 118 valence electrons. The van der Waals surface area contributed by atoms with Gasteiger partial charge in [0.15, 0.2) is 5.82 Å². The number of hydrogen-bond acceptors (Lipinski definition) is 5. The number of hydrogen-bond donors (Lipinski definition) is 0. The van der Waals surface area contributed by atoms with Gasteiger partial charge < -0.3 is 4.90 Å². The Hall–Kier alpha value is -1.92. The fourth-order valence-electron chi connectivity index (χ4n) is 3.91. The van der Waals surface area contributed by atoms with Crippen molar-refractivity contribution in [1.82, 2.24) is 24.5 Å². The third-order valence-corrected chi connectivity index (χ3v) is 5.29. The maximum absolute atomic E-state index is 6.14. The lowest BCUT2D eigenvalue weighted by atomic mass is 10.1. The van der Waals surface area contributed by atoms with Crippen LogP contribution >= 0.6 is 11.6 Å². The Morgan fingerprint density at radius 2 is 2.13 bits per heavy atom. The van der Waals surface area contributed by atoms with Gasteiger partial charge in [-0.25, -0.2) is 4.98 Å². The van der Waals surface area contributed by atoms with E-state index in [0.717, 1.165) is 42.1 Å². The molecule has 2 aliphatic heterocycles. The summed E-state index contributed by atoms with van der Waals surface area (Å²) in [5.74, 6) is 0.934. The number of piperazine rings is 1. The number of rotatable bonds is 1. The minimum Gasteiger partial charge on any atom is -0.351 e. The fourth-order valence-corrected chi connectivity index (χ4v) is 4.07. The first-order valence-corrected chi connectivity index (χ1v) is 8.45. The molecule has 0 bridgehead atoms. The third kappa shape index (κ3) is 2.09. The predicted octanol–water partition coefficient (Wildman–Crippen LogP) is 2.22. The highest BCUT2D eigenvalue weighted by molar-refractivity contribution is 6.31. The first-order chi connectivity index (χ1) is 11.3. The van der Waals surface area contributed by atoms with Crippen LogP contribution in [0.15, 0.2) is 24.5 Å². The fraction of sp³-hybridized carbons (Fsp3) is 0.438. The van der Waals surface area contributed by atoms with Gasteiger partial charge in [-0.3, -0.25) is 9.30 Å². The Labute approximate surface area is 138 Å². The predicted molar refractivity (Wildman–Crippen MR) is 90.1 cm³/mol. The Kier molecular flexibility index (Phi) is 2.96. The van der Waals surface area contributed by atoms with Crippen LogP contribution in [0.25, 0.3) is 16.7 Å². The third-order valence-electron chi connectivity index (χ3n) is 5.06. The largest absolute Gasteiger partial charge is 0.351 e. The summed E-state index contributed by atoms with van der Waals surface area (Å²) in [7, 11) is 0. The smallest absolute Gasteiger partial charge is 0.204 e. The van der Waals surface area contributed by atoms with Crippen LogP contribution in [0.1, 0.15) is 12.8 Å². The van der Waals surface area contributed by atoms with Crippen LogP contribution in [0.2, 0.25) is 5.02 Å². The van der Waals surface area contributed by atoms with Gasteiger partial charge >= 0.3 is 0 Å². The van der Waals surface area contributed by atoms with Crippen molar-refractivity contribution in [3.63, 3.8) is 0 Å². The molecule has 3 aromatic rings. The summed E-state index contributed by atoms with van der Waals surface area (Å²) < 4.78 is 1.99. The molecule has 1 unspecified atom stereocenters. The molecule has 0 saturated carbocycles. The van der Waals surface area contributed by atoms with Gasteiger partial charge in [-0.05, 0) is 37.6 Å². The average molecular weight is 329 g/mol. The Balaban J connectivity index is 1.65. The van der Waals surface area contributed by atoms with E-state index in [-0.39, 0.29) is 0 Å². The molecule has 2 fully saturated rings. The summed E-state index contributed by atoms with van der Waals surface area (Å²) in [4.78, 5) is 9.84. The van der Waals surface area contributed by atoms with E-state index < -0.39 is 0 Å². The number of fused-ring (bicyclic) bond motifs is 4. The topological polar surface area (TPSA) is 49.6 Å². The number of halogens is 1. The van der Waals surface area contributed by atoms with E-state index in [1.54, 1.807) is 6.33 Å². The molecule has 2 saturated heterocycles. The quantitative estimate of drug-likeness (QED) is 0.685. The Morgan fingerprint density at radius 3 is 3.09 bits per heavy atom. The van der Waals surface area contributed by atoms with Gasteiger partial charge in [0.25, 0.3) is 0 Å². The van der Waals surface area contributed by atoms with Crippen molar-refractivity contribution >= 4 is 34.1 Å². The minimum absolute atomic E-state index is 0.648. The molecule has 0 aliphatic carbocycles. The van der Waals surface area contributed by atoms with E-state index in [0.29, 0.717) is 11.1 Å². The molecule has 6 nitrogen and oxygen atoms in total. The zero-order chi connectivity index (χ0) is 15.4. The van der Waals surface area contributed by atoms with Crippen molar-refractivity contribution < 1.29 is 0 Å². The van der Waals surface area contributed by atoms with Gasteiger partial charge in [-0.2, -0.15) is 0 Å². The number of benzene rings is 1. The lowest BCUT2D eigenvalue weighted by Gasteiger charge is -2.38. The zero-order valence-corrected chi connectivity index (χ0v) is 13.4. The van der Waals surface area contributed by atoms with Gasteiger partial charge in [0.2, 0.25) is 5.65 Å². The highest BCUT2D eigenvalue weighted by Gasteiger charge is 2.32. The van der Waals surface area contributed by atoms with Crippen LogP contribution in [0, 0.1) is 0 Å². The first kappa shape index (κ1) is 13.5. The van der Waals surface area contributed by atoms with E-state index in [1.807, 2.05) is 22.6 Å². The number of aromatic nitrogens is 4. The number of nitrogens with zero attached hydrogens (tertiary/aromatic N) is 6. The van der Waals surface area contributed by atoms with Crippen LogP contribution in [0.5, 0.6) is 0 Å². The molecule has 2 aromatic heterocycles. The normalized spacial score (nSPS) is 22.1. The monoisotopic (exact) mass is 328 g/mol. The SMILES string of the molecule is Clc1ccc2nc(N3CCN4CCCC4C3)c3nncn3c2c1. The van der Waals surface area contributed by atoms with E-state index in [4.69, 9.17) is 16.6 Å². The van der Waals surface area contributed by atoms with Gasteiger partial charge in [0.1, 0.15) is 6.33 Å². The summed E-state index contributed by atoms with van der Waals surface area (Å²) in [6, 6.07) is 6.41. The summed E-state index contributed by atoms with van der Waals surface area (Å²) in [6.07, 6.45) is 4.33. The molecule has 23 heavy (non-hydrogen) atoms. The van der Waals surface area contributed by atoms with Gasteiger partial charge in [0, 0.05) is 30.7 Å². The second-order valence-corrected chi connectivity index (χ2v) is 6.81. The molecule has 1 atom stereocenters. The number of anilines is 1. The maximum Gasteiger partial charge on any atom is 0.204 e. The van der Waals surface area contributed by atoms with Crippen LogP contribution in [0.3, 0.4) is 0 Å². The van der Waals surface area contributed by atoms with Gasteiger partial charge in [-0.1, -0.05) is 11.6 Å². The molecule has 0 amide bonds. The molecule has 0 spiro atoms. The molecule has 1 aromatic carbocycles. The standard InChI is InChI=1S/C16H17ClN6/c17-11-3-4-13-14(8-11)23-10-18-20-16(23)15(19-13)22-7-6-21-5-1-2-12(21)9-22/h3-4,8,10,12H,1-2,5-7,9H2. The molecule has 0 N–H and O–H groups in total. The van der Waals surface area contributed by atoms with Crippen molar-refractivity contribution in [1.29, 1.82) is 0 Å². The lowest BCUT2D eigenvalue weighted by Crippen LogP contribution is -2.50. The Bertz CT molecular complexity index is 891. The molecule has 2 aliphatic rings. The Morgan fingerprint density at radius 1 is 1.17 bits per heavy atom. The molecular formula is C16H17ClN6.